The van der Waals surface area contributed by atoms with Gasteiger partial charge in [0.2, 0.25) is 0 Å². The van der Waals surface area contributed by atoms with Crippen LogP contribution in [0.4, 0.5) is 0 Å². The normalized spacial score (nSPS) is 45.8. The molecule has 1 aliphatic heterocycles. The zero-order chi connectivity index (χ0) is 8.43. The van der Waals surface area contributed by atoms with E-state index in [2.05, 4.69) is 5.32 Å². The van der Waals surface area contributed by atoms with Gasteiger partial charge in [-0.15, -0.1) is 0 Å². The van der Waals surface area contributed by atoms with E-state index in [4.69, 9.17) is 5.11 Å². The van der Waals surface area contributed by atoms with Crippen molar-refractivity contribution in [2.24, 2.45) is 5.92 Å². The van der Waals surface area contributed by atoms with Crippen LogP contribution in [0.2, 0.25) is 0 Å². The Kier molecular flexibility index (Phi) is 2.84. The lowest BCUT2D eigenvalue weighted by Gasteiger charge is -2.35. The van der Waals surface area contributed by atoms with Crippen LogP contribution in [-0.4, -0.2) is 46.7 Å². The highest BCUT2D eigenvalue weighted by Crippen LogP contribution is 2.14. The van der Waals surface area contributed by atoms with Crippen molar-refractivity contribution in [3.8, 4) is 0 Å². The maximum atomic E-state index is 9.35. The number of hydrogen-bond donors (Lipinski definition) is 4. The van der Waals surface area contributed by atoms with Crippen LogP contribution in [0.1, 0.15) is 6.92 Å². The molecule has 1 heterocycles. The Morgan fingerprint density at radius 1 is 1.36 bits per heavy atom. The minimum Gasteiger partial charge on any atom is -0.395 e. The second-order valence-electron chi connectivity index (χ2n) is 3.16. The van der Waals surface area contributed by atoms with E-state index in [0.29, 0.717) is 6.54 Å². The van der Waals surface area contributed by atoms with Crippen LogP contribution in [0.3, 0.4) is 0 Å². The van der Waals surface area contributed by atoms with Crippen LogP contribution in [0.15, 0.2) is 0 Å². The molecule has 0 radical (unpaired) electrons. The fourth-order valence-electron chi connectivity index (χ4n) is 1.33. The van der Waals surface area contributed by atoms with Crippen molar-refractivity contribution in [2.75, 3.05) is 13.2 Å². The van der Waals surface area contributed by atoms with Gasteiger partial charge in [0, 0.05) is 6.54 Å². The predicted molar refractivity (Wildman–Crippen MR) is 40.1 cm³/mol. The standard InChI is InChI=1S/C7H15NO3/c1-4-2-8-5(3-9)7(11)6(4)10/h4-11H,2-3H2,1H3. The average Bonchev–Trinajstić information content (AvgIpc) is 2.01. The molecular formula is C7H15NO3. The SMILES string of the molecule is CC1CNC(CO)C(O)C1O. The van der Waals surface area contributed by atoms with E-state index in [1.54, 1.807) is 0 Å². The van der Waals surface area contributed by atoms with Crippen LogP contribution in [0.25, 0.3) is 0 Å². The molecule has 4 nitrogen and oxygen atoms in total. The molecule has 0 amide bonds. The second-order valence-corrected chi connectivity index (χ2v) is 3.16. The third-order valence-corrected chi connectivity index (χ3v) is 2.24. The first-order valence-electron chi connectivity index (χ1n) is 3.87. The largest absolute Gasteiger partial charge is 0.395 e. The molecule has 4 heteroatoms. The Balaban J connectivity index is 2.52. The molecule has 4 unspecified atom stereocenters. The fourth-order valence-corrected chi connectivity index (χ4v) is 1.33. The maximum Gasteiger partial charge on any atom is 0.0977 e. The van der Waals surface area contributed by atoms with Crippen molar-refractivity contribution < 1.29 is 15.3 Å². The first-order chi connectivity index (χ1) is 5.16. The van der Waals surface area contributed by atoms with Crippen molar-refractivity contribution in [3.05, 3.63) is 0 Å². The number of piperidine rings is 1. The van der Waals surface area contributed by atoms with E-state index < -0.39 is 12.2 Å². The van der Waals surface area contributed by atoms with Crippen molar-refractivity contribution in [1.82, 2.24) is 5.32 Å². The van der Waals surface area contributed by atoms with Gasteiger partial charge >= 0.3 is 0 Å². The summed E-state index contributed by atoms with van der Waals surface area (Å²) in [4.78, 5) is 0. The Hall–Kier alpha value is -0.160. The number of aliphatic hydroxyl groups excluding tert-OH is 3. The first kappa shape index (κ1) is 8.93. The van der Waals surface area contributed by atoms with E-state index in [1.165, 1.54) is 0 Å². The van der Waals surface area contributed by atoms with Gasteiger partial charge in [-0.25, -0.2) is 0 Å². The molecular weight excluding hydrogens is 146 g/mol. The van der Waals surface area contributed by atoms with Gasteiger partial charge < -0.3 is 20.6 Å². The lowest BCUT2D eigenvalue weighted by molar-refractivity contribution is -0.0639. The third kappa shape index (κ3) is 1.70. The Morgan fingerprint density at radius 3 is 2.55 bits per heavy atom. The molecule has 0 aromatic heterocycles. The van der Waals surface area contributed by atoms with Gasteiger partial charge in [-0.05, 0) is 5.92 Å². The lowest BCUT2D eigenvalue weighted by atomic mass is 9.91. The molecule has 4 N–H and O–H groups in total. The summed E-state index contributed by atoms with van der Waals surface area (Å²) in [7, 11) is 0. The van der Waals surface area contributed by atoms with E-state index in [9.17, 15) is 10.2 Å². The van der Waals surface area contributed by atoms with Crippen LogP contribution >= 0.6 is 0 Å². The van der Waals surface area contributed by atoms with Crippen molar-refractivity contribution in [3.63, 3.8) is 0 Å². The topological polar surface area (TPSA) is 72.7 Å². The van der Waals surface area contributed by atoms with Gasteiger partial charge in [-0.2, -0.15) is 0 Å². The van der Waals surface area contributed by atoms with Crippen molar-refractivity contribution in [2.45, 2.75) is 25.2 Å². The summed E-state index contributed by atoms with van der Waals surface area (Å²) in [5, 5.41) is 30.4. The van der Waals surface area contributed by atoms with Crippen LogP contribution < -0.4 is 5.32 Å². The number of aliphatic hydroxyl groups is 3. The molecule has 0 spiro atoms. The van der Waals surface area contributed by atoms with E-state index >= 15 is 0 Å². The van der Waals surface area contributed by atoms with E-state index in [1.807, 2.05) is 6.92 Å². The summed E-state index contributed by atoms with van der Waals surface area (Å²) in [5.41, 5.74) is 0. The zero-order valence-electron chi connectivity index (χ0n) is 6.57. The van der Waals surface area contributed by atoms with Gasteiger partial charge in [0.1, 0.15) is 0 Å². The minimum atomic E-state index is -0.844. The highest BCUT2D eigenvalue weighted by molar-refractivity contribution is 4.89. The van der Waals surface area contributed by atoms with Gasteiger partial charge in [0.05, 0.1) is 24.9 Å². The molecule has 0 saturated carbocycles. The lowest BCUT2D eigenvalue weighted by Crippen LogP contribution is -2.57. The predicted octanol–water partition coefficient (Wildman–Crippen LogP) is -1.69. The summed E-state index contributed by atoms with van der Waals surface area (Å²) in [6, 6.07) is -0.374. The molecule has 4 atom stereocenters. The molecule has 1 aliphatic rings. The van der Waals surface area contributed by atoms with E-state index in [0.717, 1.165) is 0 Å². The summed E-state index contributed by atoms with van der Waals surface area (Å²) in [6.45, 7) is 2.36. The highest BCUT2D eigenvalue weighted by atomic mass is 16.3. The maximum absolute atomic E-state index is 9.35. The van der Waals surface area contributed by atoms with Gasteiger partial charge in [0.15, 0.2) is 0 Å². The minimum absolute atomic E-state index is 0.0489. The Labute approximate surface area is 65.9 Å². The molecule has 0 aliphatic carbocycles. The smallest absolute Gasteiger partial charge is 0.0977 e. The summed E-state index contributed by atoms with van der Waals surface area (Å²) in [5.74, 6) is 0.0489. The van der Waals surface area contributed by atoms with Crippen LogP contribution in [-0.2, 0) is 0 Å². The first-order valence-corrected chi connectivity index (χ1v) is 3.87. The molecule has 11 heavy (non-hydrogen) atoms. The van der Waals surface area contributed by atoms with E-state index in [-0.39, 0.29) is 18.6 Å². The van der Waals surface area contributed by atoms with Crippen LogP contribution in [0.5, 0.6) is 0 Å². The summed E-state index contributed by atoms with van der Waals surface area (Å²) >= 11 is 0. The molecule has 0 aromatic rings. The number of nitrogens with one attached hydrogen (secondary N) is 1. The van der Waals surface area contributed by atoms with Crippen LogP contribution in [0, 0.1) is 5.92 Å². The summed E-state index contributed by atoms with van der Waals surface area (Å²) < 4.78 is 0. The molecule has 0 bridgehead atoms. The van der Waals surface area contributed by atoms with Gasteiger partial charge in [-0.1, -0.05) is 6.92 Å². The second kappa shape index (κ2) is 3.49. The molecule has 1 fully saturated rings. The number of rotatable bonds is 1. The quantitative estimate of drug-likeness (QED) is 0.370. The molecule has 1 saturated heterocycles. The molecule has 66 valence electrons. The third-order valence-electron chi connectivity index (χ3n) is 2.24. The molecule has 1 rings (SSSR count). The van der Waals surface area contributed by atoms with Gasteiger partial charge in [-0.3, -0.25) is 0 Å². The summed E-state index contributed by atoms with van der Waals surface area (Å²) in [6.07, 6.45) is -1.56. The highest BCUT2D eigenvalue weighted by Gasteiger charge is 2.34. The zero-order valence-corrected chi connectivity index (χ0v) is 6.57. The Bertz CT molecular complexity index is 129. The monoisotopic (exact) mass is 161 g/mol. The average molecular weight is 161 g/mol. The Morgan fingerprint density at radius 2 is 2.00 bits per heavy atom. The van der Waals surface area contributed by atoms with Gasteiger partial charge in [0.25, 0.3) is 0 Å². The number of hydrogen-bond acceptors (Lipinski definition) is 4. The van der Waals surface area contributed by atoms with Crippen molar-refractivity contribution >= 4 is 0 Å². The van der Waals surface area contributed by atoms with Crippen molar-refractivity contribution in [1.29, 1.82) is 0 Å². The fraction of sp³-hybridized carbons (Fsp3) is 1.00. The molecule has 0 aromatic carbocycles.